The number of benzene rings is 1. The van der Waals surface area contributed by atoms with Crippen molar-refractivity contribution in [2.75, 3.05) is 13.2 Å². The van der Waals surface area contributed by atoms with Crippen LogP contribution in [0.1, 0.15) is 37.8 Å². The zero-order valence-electron chi connectivity index (χ0n) is 12.3. The van der Waals surface area contributed by atoms with Gasteiger partial charge in [-0.05, 0) is 44.2 Å². The van der Waals surface area contributed by atoms with Gasteiger partial charge in [0.05, 0.1) is 18.7 Å². The molecule has 1 amide bonds. The van der Waals surface area contributed by atoms with Crippen LogP contribution in [0.2, 0.25) is 0 Å². The molecule has 2 rings (SSSR count). The van der Waals surface area contributed by atoms with E-state index in [0.717, 1.165) is 24.8 Å². The summed E-state index contributed by atoms with van der Waals surface area (Å²) in [5, 5.41) is 16.0. The van der Waals surface area contributed by atoms with E-state index in [0.29, 0.717) is 0 Å². The second-order valence-electron chi connectivity index (χ2n) is 5.83. The lowest BCUT2D eigenvalue weighted by molar-refractivity contribution is -0.121. The van der Waals surface area contributed by atoms with Crippen molar-refractivity contribution in [1.29, 1.82) is 0 Å². The third-order valence-corrected chi connectivity index (χ3v) is 3.89. The molecule has 1 aromatic carbocycles. The Morgan fingerprint density at radius 2 is 2.15 bits per heavy atom. The van der Waals surface area contributed by atoms with Crippen LogP contribution < -0.4 is 10.6 Å². The number of amides is 1. The first-order chi connectivity index (χ1) is 9.57. The molecular formula is C16H24N2O2. The molecule has 0 saturated heterocycles. The van der Waals surface area contributed by atoms with Gasteiger partial charge < -0.3 is 10.4 Å². The second-order valence-corrected chi connectivity index (χ2v) is 5.83. The van der Waals surface area contributed by atoms with Crippen LogP contribution >= 0.6 is 0 Å². The minimum absolute atomic E-state index is 0.0129. The van der Waals surface area contributed by atoms with Crippen LogP contribution in [-0.2, 0) is 16.8 Å². The number of carbonyl (C=O) groups excluding carboxylic acids is 1. The van der Waals surface area contributed by atoms with E-state index in [1.165, 1.54) is 5.56 Å². The molecule has 0 unspecified atom stereocenters. The van der Waals surface area contributed by atoms with Crippen LogP contribution in [0, 0.1) is 0 Å². The average molecular weight is 276 g/mol. The highest BCUT2D eigenvalue weighted by Crippen LogP contribution is 2.34. The van der Waals surface area contributed by atoms with Crippen molar-refractivity contribution in [2.45, 2.75) is 44.7 Å². The fourth-order valence-corrected chi connectivity index (χ4v) is 2.95. The summed E-state index contributed by atoms with van der Waals surface area (Å²) in [7, 11) is 0. The summed E-state index contributed by atoms with van der Waals surface area (Å²) in [4.78, 5) is 11.8. The Labute approximate surface area is 120 Å². The summed E-state index contributed by atoms with van der Waals surface area (Å²) in [5.74, 6) is -0.0316. The van der Waals surface area contributed by atoms with Crippen LogP contribution in [0.3, 0.4) is 0 Å². The Bertz CT molecular complexity index is 473. The lowest BCUT2D eigenvalue weighted by Gasteiger charge is -2.38. The smallest absolute Gasteiger partial charge is 0.234 e. The van der Waals surface area contributed by atoms with E-state index in [1.807, 2.05) is 26.0 Å². The summed E-state index contributed by atoms with van der Waals surface area (Å²) >= 11 is 0. The highest BCUT2D eigenvalue weighted by atomic mass is 16.3. The van der Waals surface area contributed by atoms with Crippen LogP contribution in [0.25, 0.3) is 0 Å². The summed E-state index contributed by atoms with van der Waals surface area (Å²) in [5.41, 5.74) is 1.92. The number of carbonyl (C=O) groups is 1. The van der Waals surface area contributed by atoms with Crippen molar-refractivity contribution < 1.29 is 9.90 Å². The molecule has 4 nitrogen and oxygen atoms in total. The standard InChI is InChI=1S/C16H24N2O2/c1-12(2)18-15(20)10-17-16(11-19)9-5-7-13-6-3-4-8-14(13)16/h3-4,6,8,12,17,19H,5,7,9-11H2,1-2H3,(H,18,20)/t16-/m1/s1. The number of nitrogens with one attached hydrogen (secondary N) is 2. The van der Waals surface area contributed by atoms with Crippen molar-refractivity contribution in [2.24, 2.45) is 0 Å². The summed E-state index contributed by atoms with van der Waals surface area (Å²) in [6.07, 6.45) is 2.92. The van der Waals surface area contributed by atoms with Crippen molar-refractivity contribution in [3.63, 3.8) is 0 Å². The van der Waals surface area contributed by atoms with Gasteiger partial charge in [0.25, 0.3) is 0 Å². The van der Waals surface area contributed by atoms with Gasteiger partial charge in [0.1, 0.15) is 0 Å². The molecule has 3 N–H and O–H groups in total. The quantitative estimate of drug-likeness (QED) is 0.760. The maximum Gasteiger partial charge on any atom is 0.234 e. The van der Waals surface area contributed by atoms with Gasteiger partial charge in [-0.25, -0.2) is 0 Å². The normalized spacial score (nSPS) is 21.6. The average Bonchev–Trinajstić information content (AvgIpc) is 2.44. The molecule has 0 aromatic heterocycles. The van der Waals surface area contributed by atoms with Crippen molar-refractivity contribution >= 4 is 5.91 Å². The Kier molecular flexibility index (Phi) is 4.78. The molecule has 1 aromatic rings. The first kappa shape index (κ1) is 15.0. The molecule has 0 fully saturated rings. The lowest BCUT2D eigenvalue weighted by atomic mass is 9.77. The second kappa shape index (κ2) is 6.37. The molecule has 0 radical (unpaired) electrons. The Morgan fingerprint density at radius 3 is 2.85 bits per heavy atom. The summed E-state index contributed by atoms with van der Waals surface area (Å²) in [6.45, 7) is 4.12. The monoisotopic (exact) mass is 276 g/mol. The highest BCUT2D eigenvalue weighted by Gasteiger charge is 2.35. The molecule has 110 valence electrons. The molecule has 0 spiro atoms. The number of aliphatic hydroxyl groups excluding tert-OH is 1. The van der Waals surface area contributed by atoms with Crippen molar-refractivity contribution in [1.82, 2.24) is 10.6 Å². The highest BCUT2D eigenvalue weighted by molar-refractivity contribution is 5.78. The van der Waals surface area contributed by atoms with E-state index >= 15 is 0 Å². The van der Waals surface area contributed by atoms with Crippen LogP contribution in [0.5, 0.6) is 0 Å². The van der Waals surface area contributed by atoms with Gasteiger partial charge in [-0.1, -0.05) is 24.3 Å². The van der Waals surface area contributed by atoms with Gasteiger partial charge in [0, 0.05) is 6.04 Å². The van der Waals surface area contributed by atoms with Gasteiger partial charge >= 0.3 is 0 Å². The maximum atomic E-state index is 11.8. The number of hydrogen-bond acceptors (Lipinski definition) is 3. The topological polar surface area (TPSA) is 61.4 Å². The molecule has 20 heavy (non-hydrogen) atoms. The summed E-state index contributed by atoms with van der Waals surface area (Å²) in [6, 6.07) is 8.31. The van der Waals surface area contributed by atoms with E-state index in [1.54, 1.807) is 0 Å². The fraction of sp³-hybridized carbons (Fsp3) is 0.562. The molecule has 0 heterocycles. The number of aryl methyl sites for hydroxylation is 1. The fourth-order valence-electron chi connectivity index (χ4n) is 2.95. The number of hydrogen-bond donors (Lipinski definition) is 3. The van der Waals surface area contributed by atoms with E-state index < -0.39 is 5.54 Å². The van der Waals surface area contributed by atoms with Gasteiger partial charge in [-0.15, -0.1) is 0 Å². The lowest BCUT2D eigenvalue weighted by Crippen LogP contribution is -2.51. The Morgan fingerprint density at radius 1 is 1.40 bits per heavy atom. The number of rotatable bonds is 5. The van der Waals surface area contributed by atoms with Crippen molar-refractivity contribution in [3.05, 3.63) is 35.4 Å². The zero-order chi connectivity index (χ0) is 14.6. The Balaban J connectivity index is 2.13. The summed E-state index contributed by atoms with van der Waals surface area (Å²) < 4.78 is 0. The minimum Gasteiger partial charge on any atom is -0.394 e. The van der Waals surface area contributed by atoms with E-state index in [-0.39, 0.29) is 25.1 Å². The third kappa shape index (κ3) is 3.19. The number of aliphatic hydroxyl groups is 1. The minimum atomic E-state index is -0.483. The molecule has 4 heteroatoms. The molecule has 0 saturated carbocycles. The maximum absolute atomic E-state index is 11.8. The molecule has 0 aliphatic heterocycles. The largest absolute Gasteiger partial charge is 0.394 e. The van der Waals surface area contributed by atoms with Gasteiger partial charge in [-0.2, -0.15) is 0 Å². The SMILES string of the molecule is CC(C)NC(=O)CN[C@@]1(CO)CCCc2ccccc21. The van der Waals surface area contributed by atoms with E-state index in [2.05, 4.69) is 22.8 Å². The molecule has 1 atom stereocenters. The third-order valence-electron chi connectivity index (χ3n) is 3.89. The van der Waals surface area contributed by atoms with E-state index in [9.17, 15) is 9.90 Å². The number of fused-ring (bicyclic) bond motifs is 1. The van der Waals surface area contributed by atoms with E-state index in [4.69, 9.17) is 0 Å². The van der Waals surface area contributed by atoms with Gasteiger partial charge in [0.2, 0.25) is 5.91 Å². The first-order valence-corrected chi connectivity index (χ1v) is 7.31. The molecule has 0 bridgehead atoms. The van der Waals surface area contributed by atoms with Crippen LogP contribution in [0.4, 0.5) is 0 Å². The first-order valence-electron chi connectivity index (χ1n) is 7.31. The van der Waals surface area contributed by atoms with Crippen molar-refractivity contribution in [3.8, 4) is 0 Å². The molecule has 1 aliphatic rings. The predicted molar refractivity (Wildman–Crippen MR) is 79.4 cm³/mol. The predicted octanol–water partition coefficient (Wildman–Crippen LogP) is 1.32. The van der Waals surface area contributed by atoms with Gasteiger partial charge in [0.15, 0.2) is 0 Å². The molecular weight excluding hydrogens is 252 g/mol. The van der Waals surface area contributed by atoms with Crippen LogP contribution in [-0.4, -0.2) is 30.2 Å². The zero-order valence-corrected chi connectivity index (χ0v) is 12.3. The Hall–Kier alpha value is -1.39. The van der Waals surface area contributed by atoms with Crippen LogP contribution in [0.15, 0.2) is 24.3 Å². The molecule has 1 aliphatic carbocycles. The van der Waals surface area contributed by atoms with Gasteiger partial charge in [-0.3, -0.25) is 10.1 Å².